The van der Waals surface area contributed by atoms with E-state index in [1.54, 1.807) is 24.3 Å². The molecule has 2 bridgehead atoms. The van der Waals surface area contributed by atoms with E-state index in [2.05, 4.69) is 17.3 Å². The van der Waals surface area contributed by atoms with Gasteiger partial charge in [-0.1, -0.05) is 41.4 Å². The fraction of sp³-hybridized carbons (Fsp3) is 0.261. The Morgan fingerprint density at radius 2 is 1.67 bits per heavy atom. The molecule has 0 N–H and O–H groups in total. The highest BCUT2D eigenvalue weighted by Gasteiger charge is 2.59. The van der Waals surface area contributed by atoms with Gasteiger partial charge in [-0.3, -0.25) is 9.59 Å². The van der Waals surface area contributed by atoms with Crippen molar-refractivity contribution < 1.29 is 14.3 Å². The Kier molecular flexibility index (Phi) is 4.88. The summed E-state index contributed by atoms with van der Waals surface area (Å²) < 4.78 is 5.76. The highest BCUT2D eigenvalue weighted by atomic mass is 35.5. The van der Waals surface area contributed by atoms with Gasteiger partial charge in [0.1, 0.15) is 12.4 Å². The Labute approximate surface area is 183 Å². The van der Waals surface area contributed by atoms with Gasteiger partial charge in [0.15, 0.2) is 0 Å². The third-order valence-electron chi connectivity index (χ3n) is 6.06. The van der Waals surface area contributed by atoms with E-state index in [9.17, 15) is 9.59 Å². The zero-order chi connectivity index (χ0) is 20.8. The summed E-state index contributed by atoms with van der Waals surface area (Å²) in [5, 5.41) is 6.37. The standard InChI is InChI=1S/C23H18Cl2N2O3/c24-17-6-5-16(19(25)10-17)12-30-18-7-1-13(2-8-18)11-26-27-22(28)20-14-3-4-15(9-14)21(20)23(27)29/h1-8,10-11,14-15,20-21H,9,12H2/b26-11-/t14-,15-,20-,21+/m0/s1. The molecule has 2 fully saturated rings. The minimum atomic E-state index is -0.236. The van der Waals surface area contributed by atoms with Crippen LogP contribution in [0.1, 0.15) is 17.5 Å². The van der Waals surface area contributed by atoms with Crippen molar-refractivity contribution in [2.75, 3.05) is 0 Å². The van der Waals surface area contributed by atoms with E-state index in [0.29, 0.717) is 22.4 Å². The number of nitrogens with zero attached hydrogens (tertiary/aromatic N) is 2. The molecule has 0 aromatic heterocycles. The molecule has 0 spiro atoms. The van der Waals surface area contributed by atoms with Gasteiger partial charge in [-0.15, -0.1) is 0 Å². The number of ether oxygens (including phenoxy) is 1. The molecule has 3 aliphatic rings. The van der Waals surface area contributed by atoms with Crippen LogP contribution in [-0.2, 0) is 16.2 Å². The van der Waals surface area contributed by atoms with E-state index in [4.69, 9.17) is 27.9 Å². The van der Waals surface area contributed by atoms with E-state index in [1.807, 2.05) is 18.2 Å². The van der Waals surface area contributed by atoms with Crippen LogP contribution in [0.25, 0.3) is 0 Å². The van der Waals surface area contributed by atoms with Gasteiger partial charge >= 0.3 is 0 Å². The molecule has 152 valence electrons. The number of carbonyl (C=O) groups is 2. The second kappa shape index (κ2) is 7.56. The first-order valence-electron chi connectivity index (χ1n) is 9.78. The number of benzene rings is 2. The maximum absolute atomic E-state index is 12.6. The predicted octanol–water partition coefficient (Wildman–Crippen LogP) is 4.71. The molecule has 0 unspecified atom stereocenters. The number of rotatable bonds is 5. The smallest absolute Gasteiger partial charge is 0.254 e. The highest BCUT2D eigenvalue weighted by molar-refractivity contribution is 6.35. The van der Waals surface area contributed by atoms with Crippen molar-refractivity contribution in [2.45, 2.75) is 13.0 Å². The lowest BCUT2D eigenvalue weighted by Crippen LogP contribution is -2.28. The van der Waals surface area contributed by atoms with Crippen LogP contribution in [0.15, 0.2) is 59.7 Å². The number of allylic oxidation sites excluding steroid dienone is 2. The molecule has 0 radical (unpaired) electrons. The molecule has 1 saturated heterocycles. The lowest BCUT2D eigenvalue weighted by atomic mass is 9.85. The third kappa shape index (κ3) is 3.32. The fourth-order valence-electron chi connectivity index (χ4n) is 4.57. The zero-order valence-corrected chi connectivity index (χ0v) is 17.4. The largest absolute Gasteiger partial charge is 0.489 e. The van der Waals surface area contributed by atoms with E-state index in [0.717, 1.165) is 22.6 Å². The maximum Gasteiger partial charge on any atom is 0.254 e. The van der Waals surface area contributed by atoms with E-state index >= 15 is 0 Å². The third-order valence-corrected chi connectivity index (χ3v) is 6.65. The number of hydrogen-bond acceptors (Lipinski definition) is 4. The van der Waals surface area contributed by atoms with Crippen molar-refractivity contribution in [3.8, 4) is 5.75 Å². The van der Waals surface area contributed by atoms with Gasteiger partial charge in [-0.05, 0) is 60.2 Å². The minimum Gasteiger partial charge on any atom is -0.489 e. The lowest BCUT2D eigenvalue weighted by molar-refractivity contribution is -0.140. The van der Waals surface area contributed by atoms with Gasteiger partial charge in [0.2, 0.25) is 0 Å². The number of halogens is 2. The normalized spacial score (nSPS) is 26.8. The maximum atomic E-state index is 12.6. The van der Waals surface area contributed by atoms with E-state index in [1.165, 1.54) is 6.21 Å². The molecular formula is C23H18Cl2N2O3. The first-order chi connectivity index (χ1) is 14.5. The SMILES string of the molecule is O=C1[C@@H]2[C@H](C(=O)N1/N=C\c1ccc(OCc3ccc(Cl)cc3Cl)cc1)[C@H]1C=C[C@H]2C1. The molecular weight excluding hydrogens is 423 g/mol. The highest BCUT2D eigenvalue weighted by Crippen LogP contribution is 2.52. The Bertz CT molecular complexity index is 1050. The Balaban J connectivity index is 1.23. The molecule has 2 aromatic carbocycles. The molecule has 1 saturated carbocycles. The average molecular weight is 441 g/mol. The molecule has 4 atom stereocenters. The van der Waals surface area contributed by atoms with Crippen LogP contribution in [0.5, 0.6) is 5.75 Å². The van der Waals surface area contributed by atoms with Crippen LogP contribution in [-0.4, -0.2) is 23.0 Å². The van der Waals surface area contributed by atoms with Crippen LogP contribution in [0.3, 0.4) is 0 Å². The summed E-state index contributed by atoms with van der Waals surface area (Å²) in [5.41, 5.74) is 1.61. The van der Waals surface area contributed by atoms with Crippen LogP contribution >= 0.6 is 23.2 Å². The monoisotopic (exact) mass is 440 g/mol. The van der Waals surface area contributed by atoms with E-state index < -0.39 is 0 Å². The van der Waals surface area contributed by atoms with Crippen LogP contribution in [0.2, 0.25) is 10.0 Å². The van der Waals surface area contributed by atoms with Crippen molar-refractivity contribution in [1.29, 1.82) is 0 Å². The summed E-state index contributed by atoms with van der Waals surface area (Å²) in [6, 6.07) is 12.5. The number of amides is 2. The van der Waals surface area contributed by atoms with Gasteiger partial charge < -0.3 is 4.74 Å². The number of imide groups is 1. The molecule has 7 heteroatoms. The molecule has 1 heterocycles. The van der Waals surface area contributed by atoms with Gasteiger partial charge in [0, 0.05) is 15.6 Å². The number of hydrazone groups is 1. The van der Waals surface area contributed by atoms with Gasteiger partial charge in [0.25, 0.3) is 11.8 Å². The summed E-state index contributed by atoms with van der Waals surface area (Å²) in [6.45, 7) is 0.319. The predicted molar refractivity (Wildman–Crippen MR) is 114 cm³/mol. The van der Waals surface area contributed by atoms with Crippen molar-refractivity contribution >= 4 is 41.2 Å². The Hall–Kier alpha value is -2.63. The van der Waals surface area contributed by atoms with Crippen LogP contribution in [0.4, 0.5) is 0 Å². The molecule has 1 aliphatic heterocycles. The number of hydrogen-bond donors (Lipinski definition) is 0. The van der Waals surface area contributed by atoms with Crippen LogP contribution in [0, 0.1) is 23.7 Å². The quantitative estimate of drug-likeness (QED) is 0.384. The van der Waals surface area contributed by atoms with Crippen LogP contribution < -0.4 is 4.74 Å². The van der Waals surface area contributed by atoms with Gasteiger partial charge in [-0.25, -0.2) is 0 Å². The summed E-state index contributed by atoms with van der Waals surface area (Å²) in [6.07, 6.45) is 6.58. The van der Waals surface area contributed by atoms with Crippen molar-refractivity contribution in [1.82, 2.24) is 5.01 Å². The Morgan fingerprint density at radius 1 is 1.00 bits per heavy atom. The van der Waals surface area contributed by atoms with Gasteiger partial charge in [0.05, 0.1) is 18.1 Å². The second-order valence-electron chi connectivity index (χ2n) is 7.83. The number of fused-ring (bicyclic) bond motifs is 5. The summed E-state index contributed by atoms with van der Waals surface area (Å²) in [5.74, 6) is 0.198. The summed E-state index contributed by atoms with van der Waals surface area (Å²) in [4.78, 5) is 25.3. The summed E-state index contributed by atoms with van der Waals surface area (Å²) in [7, 11) is 0. The second-order valence-corrected chi connectivity index (χ2v) is 8.67. The van der Waals surface area contributed by atoms with Crippen molar-refractivity contribution in [2.24, 2.45) is 28.8 Å². The van der Waals surface area contributed by atoms with Gasteiger partial charge in [-0.2, -0.15) is 10.1 Å². The Morgan fingerprint density at radius 3 is 2.30 bits per heavy atom. The minimum absolute atomic E-state index is 0.183. The number of carbonyl (C=O) groups excluding carboxylic acids is 2. The van der Waals surface area contributed by atoms with Crippen molar-refractivity contribution in [3.05, 3.63) is 75.8 Å². The fourth-order valence-corrected chi connectivity index (χ4v) is 5.04. The average Bonchev–Trinajstić information content (AvgIpc) is 3.41. The molecule has 2 amide bonds. The zero-order valence-electron chi connectivity index (χ0n) is 15.9. The molecule has 5 nitrogen and oxygen atoms in total. The molecule has 30 heavy (non-hydrogen) atoms. The molecule has 5 rings (SSSR count). The molecule has 2 aromatic rings. The molecule has 2 aliphatic carbocycles. The first kappa shape index (κ1) is 19.3. The van der Waals surface area contributed by atoms with Crippen molar-refractivity contribution in [3.63, 3.8) is 0 Å². The van der Waals surface area contributed by atoms with E-state index in [-0.39, 0.29) is 35.5 Å². The lowest BCUT2D eigenvalue weighted by Gasteiger charge is -2.13. The first-order valence-corrected chi connectivity index (χ1v) is 10.5. The topological polar surface area (TPSA) is 59.0 Å². The summed E-state index contributed by atoms with van der Waals surface area (Å²) >= 11 is 12.1.